The highest BCUT2D eigenvalue weighted by atomic mass is 16.1. The molecule has 0 atom stereocenters. The molecular formula is C15H22O. The molecule has 1 rings (SSSR count). The lowest BCUT2D eigenvalue weighted by atomic mass is 10.0. The fourth-order valence-electron chi connectivity index (χ4n) is 1.63. The van der Waals surface area contributed by atoms with E-state index in [4.69, 9.17) is 0 Å². The van der Waals surface area contributed by atoms with Crippen molar-refractivity contribution < 1.29 is 4.79 Å². The number of rotatable bonds is 6. The molecule has 0 heterocycles. The Bertz CT molecular complexity index is 322. The Labute approximate surface area is 98.9 Å². The Morgan fingerprint density at radius 2 is 1.69 bits per heavy atom. The van der Waals surface area contributed by atoms with Gasteiger partial charge in [-0.1, -0.05) is 45.0 Å². The number of aryl methyl sites for hydroxylation is 1. The Morgan fingerprint density at radius 3 is 2.19 bits per heavy atom. The van der Waals surface area contributed by atoms with E-state index in [1.807, 2.05) is 6.92 Å². The van der Waals surface area contributed by atoms with Crippen molar-refractivity contribution in [2.45, 2.75) is 46.5 Å². The molecule has 16 heavy (non-hydrogen) atoms. The number of hydrogen-bond acceptors (Lipinski definition) is 1. The van der Waals surface area contributed by atoms with Gasteiger partial charge >= 0.3 is 0 Å². The van der Waals surface area contributed by atoms with E-state index >= 15 is 0 Å². The first-order valence-corrected chi connectivity index (χ1v) is 6.21. The van der Waals surface area contributed by atoms with Crippen molar-refractivity contribution in [3.63, 3.8) is 0 Å². The summed E-state index contributed by atoms with van der Waals surface area (Å²) in [6, 6.07) is 8.48. The van der Waals surface area contributed by atoms with Crippen LogP contribution in [0.1, 0.15) is 44.7 Å². The second-order valence-corrected chi connectivity index (χ2v) is 4.82. The molecule has 0 saturated carbocycles. The molecule has 0 aliphatic rings. The molecule has 0 aliphatic carbocycles. The van der Waals surface area contributed by atoms with Crippen molar-refractivity contribution in [1.82, 2.24) is 0 Å². The van der Waals surface area contributed by atoms with E-state index in [9.17, 15) is 4.79 Å². The lowest BCUT2D eigenvalue weighted by Gasteiger charge is -2.05. The fourth-order valence-corrected chi connectivity index (χ4v) is 1.63. The predicted molar refractivity (Wildman–Crippen MR) is 68.6 cm³/mol. The van der Waals surface area contributed by atoms with Gasteiger partial charge < -0.3 is 0 Å². The first-order chi connectivity index (χ1) is 7.61. The maximum atomic E-state index is 11.3. The highest BCUT2D eigenvalue weighted by molar-refractivity contribution is 5.80. The minimum Gasteiger partial charge on any atom is -0.299 e. The molecule has 0 radical (unpaired) electrons. The molecular weight excluding hydrogens is 196 g/mol. The van der Waals surface area contributed by atoms with Gasteiger partial charge in [0.05, 0.1) is 0 Å². The zero-order valence-electron chi connectivity index (χ0n) is 10.6. The van der Waals surface area contributed by atoms with Gasteiger partial charge in [-0.05, 0) is 29.9 Å². The summed E-state index contributed by atoms with van der Waals surface area (Å²) in [4.78, 5) is 11.3. The Morgan fingerprint density at radius 1 is 1.12 bits per heavy atom. The molecule has 1 nitrogen and oxygen atoms in total. The van der Waals surface area contributed by atoms with Crippen LogP contribution in [0.15, 0.2) is 24.3 Å². The van der Waals surface area contributed by atoms with Gasteiger partial charge in [0, 0.05) is 12.8 Å². The van der Waals surface area contributed by atoms with Crippen molar-refractivity contribution in [2.75, 3.05) is 0 Å². The summed E-state index contributed by atoms with van der Waals surface area (Å²) in [6.07, 6.45) is 3.59. The third-order valence-electron chi connectivity index (χ3n) is 2.83. The highest BCUT2D eigenvalue weighted by Gasteiger charge is 2.01. The molecule has 0 amide bonds. The first kappa shape index (κ1) is 13.0. The Hall–Kier alpha value is -1.11. The lowest BCUT2D eigenvalue weighted by molar-refractivity contribution is -0.118. The maximum Gasteiger partial charge on any atom is 0.136 e. The minimum atomic E-state index is 0.315. The molecule has 0 aromatic heterocycles. The first-order valence-electron chi connectivity index (χ1n) is 6.21. The smallest absolute Gasteiger partial charge is 0.136 e. The summed E-state index contributed by atoms with van der Waals surface area (Å²) in [5.74, 6) is 1.07. The summed E-state index contributed by atoms with van der Waals surface area (Å²) in [5.41, 5.74) is 2.52. The average Bonchev–Trinajstić information content (AvgIpc) is 2.28. The standard InChI is InChI=1S/C15H22O/c1-4-15(16)11-14-9-7-13(8-10-14)6-5-12(2)3/h7-10,12H,4-6,11H2,1-3H3. The molecule has 1 aromatic rings. The summed E-state index contributed by atoms with van der Waals surface area (Å²) < 4.78 is 0. The molecule has 0 unspecified atom stereocenters. The van der Waals surface area contributed by atoms with Crippen LogP contribution in [-0.2, 0) is 17.6 Å². The predicted octanol–water partition coefficient (Wildman–Crippen LogP) is 3.80. The second-order valence-electron chi connectivity index (χ2n) is 4.82. The third kappa shape index (κ3) is 4.61. The van der Waals surface area contributed by atoms with Gasteiger partial charge in [0.2, 0.25) is 0 Å². The highest BCUT2D eigenvalue weighted by Crippen LogP contribution is 2.11. The van der Waals surface area contributed by atoms with Gasteiger partial charge in [-0.3, -0.25) is 4.79 Å². The zero-order valence-corrected chi connectivity index (χ0v) is 10.6. The van der Waals surface area contributed by atoms with Crippen LogP contribution < -0.4 is 0 Å². The molecule has 1 aromatic carbocycles. The molecule has 1 heteroatoms. The monoisotopic (exact) mass is 218 g/mol. The molecule has 0 aliphatic heterocycles. The quantitative estimate of drug-likeness (QED) is 0.710. The second kappa shape index (κ2) is 6.47. The van der Waals surface area contributed by atoms with E-state index in [1.54, 1.807) is 0 Å². The summed E-state index contributed by atoms with van der Waals surface area (Å²) >= 11 is 0. The van der Waals surface area contributed by atoms with Crippen LogP contribution in [0.5, 0.6) is 0 Å². The largest absolute Gasteiger partial charge is 0.299 e. The Kier molecular flexibility index (Phi) is 5.24. The number of carbonyl (C=O) groups excluding carboxylic acids is 1. The minimum absolute atomic E-state index is 0.315. The van der Waals surface area contributed by atoms with Crippen LogP contribution in [-0.4, -0.2) is 5.78 Å². The van der Waals surface area contributed by atoms with Gasteiger partial charge in [0.25, 0.3) is 0 Å². The molecule has 0 N–H and O–H groups in total. The van der Waals surface area contributed by atoms with Crippen LogP contribution in [0.25, 0.3) is 0 Å². The number of ketones is 1. The van der Waals surface area contributed by atoms with E-state index in [0.717, 1.165) is 17.9 Å². The summed E-state index contributed by atoms with van der Waals surface area (Å²) in [6.45, 7) is 6.40. The fraction of sp³-hybridized carbons (Fsp3) is 0.533. The molecule has 0 bridgehead atoms. The van der Waals surface area contributed by atoms with Crippen molar-refractivity contribution in [3.8, 4) is 0 Å². The van der Waals surface area contributed by atoms with E-state index in [1.165, 1.54) is 12.0 Å². The van der Waals surface area contributed by atoms with Gasteiger partial charge in [-0.2, -0.15) is 0 Å². The molecule has 0 fully saturated rings. The van der Waals surface area contributed by atoms with Gasteiger partial charge in [0.1, 0.15) is 5.78 Å². The topological polar surface area (TPSA) is 17.1 Å². The van der Waals surface area contributed by atoms with Gasteiger partial charge in [-0.15, -0.1) is 0 Å². The van der Waals surface area contributed by atoms with Gasteiger partial charge in [0.15, 0.2) is 0 Å². The van der Waals surface area contributed by atoms with Crippen molar-refractivity contribution >= 4 is 5.78 Å². The van der Waals surface area contributed by atoms with E-state index in [-0.39, 0.29) is 0 Å². The van der Waals surface area contributed by atoms with Crippen LogP contribution in [0.2, 0.25) is 0 Å². The molecule has 0 spiro atoms. The number of Topliss-reactive ketones (excluding diaryl/α,β-unsaturated/α-hetero) is 1. The zero-order chi connectivity index (χ0) is 12.0. The summed E-state index contributed by atoms with van der Waals surface area (Å²) in [5, 5.41) is 0. The van der Waals surface area contributed by atoms with Crippen LogP contribution >= 0.6 is 0 Å². The Balaban J connectivity index is 2.51. The number of hydrogen-bond donors (Lipinski definition) is 0. The van der Waals surface area contributed by atoms with E-state index in [0.29, 0.717) is 18.6 Å². The SMILES string of the molecule is CCC(=O)Cc1ccc(CCC(C)C)cc1. The molecule has 0 saturated heterocycles. The van der Waals surface area contributed by atoms with Crippen molar-refractivity contribution in [1.29, 1.82) is 0 Å². The lowest BCUT2D eigenvalue weighted by Crippen LogP contribution is -2.00. The summed E-state index contributed by atoms with van der Waals surface area (Å²) in [7, 11) is 0. The average molecular weight is 218 g/mol. The van der Waals surface area contributed by atoms with Crippen LogP contribution in [0, 0.1) is 5.92 Å². The number of benzene rings is 1. The normalized spacial score (nSPS) is 10.8. The van der Waals surface area contributed by atoms with E-state index < -0.39 is 0 Å². The van der Waals surface area contributed by atoms with Crippen molar-refractivity contribution in [3.05, 3.63) is 35.4 Å². The third-order valence-corrected chi connectivity index (χ3v) is 2.83. The van der Waals surface area contributed by atoms with Crippen LogP contribution in [0.3, 0.4) is 0 Å². The van der Waals surface area contributed by atoms with Gasteiger partial charge in [-0.25, -0.2) is 0 Å². The van der Waals surface area contributed by atoms with Crippen molar-refractivity contribution in [2.24, 2.45) is 5.92 Å². The number of carbonyl (C=O) groups is 1. The van der Waals surface area contributed by atoms with E-state index in [2.05, 4.69) is 38.1 Å². The molecule has 88 valence electrons. The maximum absolute atomic E-state index is 11.3. The van der Waals surface area contributed by atoms with Crippen LogP contribution in [0.4, 0.5) is 0 Å².